The van der Waals surface area contributed by atoms with Gasteiger partial charge in [-0.1, -0.05) is 30.3 Å². The molecule has 1 aliphatic rings. The Bertz CT molecular complexity index is 741. The standard InChI is InChI=1S/C20H21FN2O3/c21-17-6-8-18(9-7-17)26-15-20(25)23-12-10-22(11-13-23)19(24)14-16-4-2-1-3-5-16/h1-9H,10-15H2. The van der Waals surface area contributed by atoms with Crippen molar-refractivity contribution in [2.24, 2.45) is 0 Å². The Morgan fingerprint density at radius 1 is 0.846 bits per heavy atom. The Hall–Kier alpha value is -2.89. The summed E-state index contributed by atoms with van der Waals surface area (Å²) in [4.78, 5) is 28.1. The molecule has 1 aliphatic heterocycles. The molecular weight excluding hydrogens is 335 g/mol. The number of benzene rings is 2. The maximum Gasteiger partial charge on any atom is 0.260 e. The normalized spacial score (nSPS) is 14.2. The van der Waals surface area contributed by atoms with Gasteiger partial charge in [0.25, 0.3) is 5.91 Å². The molecule has 5 nitrogen and oxygen atoms in total. The first-order chi connectivity index (χ1) is 12.6. The Morgan fingerprint density at radius 2 is 1.42 bits per heavy atom. The van der Waals surface area contributed by atoms with Gasteiger partial charge in [-0.2, -0.15) is 0 Å². The third-order valence-electron chi connectivity index (χ3n) is 4.36. The summed E-state index contributed by atoms with van der Waals surface area (Å²) < 4.78 is 18.2. The van der Waals surface area contributed by atoms with Crippen LogP contribution in [0, 0.1) is 5.82 Å². The first-order valence-corrected chi connectivity index (χ1v) is 8.59. The maximum atomic E-state index is 12.9. The van der Waals surface area contributed by atoms with E-state index in [1.807, 2.05) is 30.3 Å². The van der Waals surface area contributed by atoms with Crippen molar-refractivity contribution < 1.29 is 18.7 Å². The van der Waals surface area contributed by atoms with Gasteiger partial charge in [0.05, 0.1) is 6.42 Å². The van der Waals surface area contributed by atoms with Crippen LogP contribution in [-0.2, 0) is 16.0 Å². The van der Waals surface area contributed by atoms with Gasteiger partial charge in [-0.15, -0.1) is 0 Å². The molecule has 0 atom stereocenters. The van der Waals surface area contributed by atoms with Crippen LogP contribution >= 0.6 is 0 Å². The van der Waals surface area contributed by atoms with E-state index in [1.54, 1.807) is 9.80 Å². The lowest BCUT2D eigenvalue weighted by atomic mass is 10.1. The number of carbonyl (C=O) groups excluding carboxylic acids is 2. The van der Waals surface area contributed by atoms with Crippen molar-refractivity contribution in [3.05, 3.63) is 66.0 Å². The quantitative estimate of drug-likeness (QED) is 0.825. The van der Waals surface area contributed by atoms with Gasteiger partial charge < -0.3 is 14.5 Å². The largest absolute Gasteiger partial charge is 0.484 e. The van der Waals surface area contributed by atoms with E-state index in [2.05, 4.69) is 0 Å². The zero-order valence-electron chi connectivity index (χ0n) is 14.4. The summed E-state index contributed by atoms with van der Waals surface area (Å²) in [6.07, 6.45) is 0.377. The molecule has 1 fully saturated rings. The molecule has 0 aromatic heterocycles. The lowest BCUT2D eigenvalue weighted by Gasteiger charge is -2.34. The lowest BCUT2D eigenvalue weighted by Crippen LogP contribution is -2.52. The van der Waals surface area contributed by atoms with E-state index in [4.69, 9.17) is 4.74 Å². The Morgan fingerprint density at radius 3 is 2.04 bits per heavy atom. The predicted molar refractivity (Wildman–Crippen MR) is 95.2 cm³/mol. The van der Waals surface area contributed by atoms with Gasteiger partial charge in [0.1, 0.15) is 11.6 Å². The number of ether oxygens (including phenoxy) is 1. The van der Waals surface area contributed by atoms with E-state index in [9.17, 15) is 14.0 Å². The van der Waals surface area contributed by atoms with E-state index in [-0.39, 0.29) is 24.2 Å². The summed E-state index contributed by atoms with van der Waals surface area (Å²) in [5.74, 6) is 0.0479. The predicted octanol–water partition coefficient (Wildman–Crippen LogP) is 2.12. The van der Waals surface area contributed by atoms with Gasteiger partial charge >= 0.3 is 0 Å². The molecule has 3 rings (SSSR count). The number of rotatable bonds is 5. The molecule has 1 heterocycles. The summed E-state index contributed by atoms with van der Waals surface area (Å²) >= 11 is 0. The highest BCUT2D eigenvalue weighted by molar-refractivity contribution is 5.80. The molecule has 0 N–H and O–H groups in total. The van der Waals surface area contributed by atoms with Crippen LogP contribution in [0.4, 0.5) is 4.39 Å². The number of hydrogen-bond donors (Lipinski definition) is 0. The number of nitrogens with zero attached hydrogens (tertiary/aromatic N) is 2. The smallest absolute Gasteiger partial charge is 0.260 e. The van der Waals surface area contributed by atoms with E-state index < -0.39 is 0 Å². The third kappa shape index (κ3) is 4.81. The van der Waals surface area contributed by atoms with E-state index in [0.29, 0.717) is 38.3 Å². The fraction of sp³-hybridized carbons (Fsp3) is 0.300. The van der Waals surface area contributed by atoms with Crippen LogP contribution in [0.25, 0.3) is 0 Å². The zero-order valence-corrected chi connectivity index (χ0v) is 14.4. The number of piperazine rings is 1. The van der Waals surface area contributed by atoms with Crippen LogP contribution in [0.5, 0.6) is 5.75 Å². The summed E-state index contributed by atoms with van der Waals surface area (Å²) in [5, 5.41) is 0. The molecule has 2 aromatic rings. The molecule has 136 valence electrons. The number of amides is 2. The van der Waals surface area contributed by atoms with E-state index >= 15 is 0 Å². The lowest BCUT2D eigenvalue weighted by molar-refractivity contribution is -0.140. The van der Waals surface area contributed by atoms with Crippen LogP contribution in [-0.4, -0.2) is 54.4 Å². The number of carbonyl (C=O) groups is 2. The minimum absolute atomic E-state index is 0.0749. The first-order valence-electron chi connectivity index (χ1n) is 8.59. The second kappa shape index (κ2) is 8.47. The zero-order chi connectivity index (χ0) is 18.4. The monoisotopic (exact) mass is 356 g/mol. The molecule has 6 heteroatoms. The van der Waals surface area contributed by atoms with Gasteiger partial charge in [0.2, 0.25) is 5.91 Å². The van der Waals surface area contributed by atoms with Gasteiger partial charge in [0.15, 0.2) is 6.61 Å². The molecule has 0 aliphatic carbocycles. The summed E-state index contributed by atoms with van der Waals surface area (Å²) in [6.45, 7) is 1.93. The van der Waals surface area contributed by atoms with Crippen molar-refractivity contribution >= 4 is 11.8 Å². The van der Waals surface area contributed by atoms with Crippen LogP contribution in [0.2, 0.25) is 0 Å². The molecule has 1 saturated heterocycles. The number of halogens is 1. The highest BCUT2D eigenvalue weighted by Crippen LogP contribution is 2.12. The SMILES string of the molecule is O=C(COc1ccc(F)cc1)N1CCN(C(=O)Cc2ccccc2)CC1. The average Bonchev–Trinajstić information content (AvgIpc) is 2.68. The van der Waals surface area contributed by atoms with Crippen molar-refractivity contribution in [3.63, 3.8) is 0 Å². The fourth-order valence-electron chi connectivity index (χ4n) is 2.85. The first kappa shape index (κ1) is 17.9. The van der Waals surface area contributed by atoms with Crippen LogP contribution in [0.3, 0.4) is 0 Å². The van der Waals surface area contributed by atoms with Gasteiger partial charge in [-0.3, -0.25) is 9.59 Å². The molecule has 0 radical (unpaired) electrons. The highest BCUT2D eigenvalue weighted by Gasteiger charge is 2.24. The molecular formula is C20H21FN2O3. The molecule has 2 amide bonds. The number of hydrogen-bond acceptors (Lipinski definition) is 3. The minimum Gasteiger partial charge on any atom is -0.484 e. The van der Waals surface area contributed by atoms with Crippen LogP contribution in [0.1, 0.15) is 5.56 Å². The molecule has 0 saturated carbocycles. The van der Waals surface area contributed by atoms with E-state index in [0.717, 1.165) is 5.56 Å². The third-order valence-corrected chi connectivity index (χ3v) is 4.36. The van der Waals surface area contributed by atoms with Gasteiger partial charge in [-0.25, -0.2) is 4.39 Å². The highest BCUT2D eigenvalue weighted by atomic mass is 19.1. The van der Waals surface area contributed by atoms with E-state index in [1.165, 1.54) is 24.3 Å². The summed E-state index contributed by atoms with van der Waals surface area (Å²) in [5.41, 5.74) is 0.990. The second-order valence-corrected chi connectivity index (χ2v) is 6.17. The van der Waals surface area contributed by atoms with Crippen molar-refractivity contribution in [3.8, 4) is 5.75 Å². The second-order valence-electron chi connectivity index (χ2n) is 6.17. The Labute approximate surface area is 152 Å². The van der Waals surface area contributed by atoms with Crippen molar-refractivity contribution in [1.82, 2.24) is 9.80 Å². The topological polar surface area (TPSA) is 49.9 Å². The van der Waals surface area contributed by atoms with Crippen molar-refractivity contribution in [2.45, 2.75) is 6.42 Å². The molecule has 2 aromatic carbocycles. The van der Waals surface area contributed by atoms with Gasteiger partial charge in [0, 0.05) is 26.2 Å². The van der Waals surface area contributed by atoms with Crippen LogP contribution in [0.15, 0.2) is 54.6 Å². The Kier molecular flexibility index (Phi) is 5.84. The van der Waals surface area contributed by atoms with Crippen molar-refractivity contribution in [2.75, 3.05) is 32.8 Å². The average molecular weight is 356 g/mol. The molecule has 26 heavy (non-hydrogen) atoms. The molecule has 0 bridgehead atoms. The minimum atomic E-state index is -0.347. The Balaban J connectivity index is 1.43. The summed E-state index contributed by atoms with van der Waals surface area (Å²) in [7, 11) is 0. The molecule has 0 spiro atoms. The van der Waals surface area contributed by atoms with Gasteiger partial charge in [-0.05, 0) is 29.8 Å². The van der Waals surface area contributed by atoms with Crippen molar-refractivity contribution in [1.29, 1.82) is 0 Å². The fourth-order valence-corrected chi connectivity index (χ4v) is 2.85. The van der Waals surface area contributed by atoms with Crippen LogP contribution < -0.4 is 4.74 Å². The summed E-state index contributed by atoms with van der Waals surface area (Å²) in [6, 6.07) is 15.2. The maximum absolute atomic E-state index is 12.9. The molecule has 0 unspecified atom stereocenters.